The van der Waals surface area contributed by atoms with Crippen LogP contribution in [0.5, 0.6) is 0 Å². The molecule has 3 aromatic rings. The van der Waals surface area contributed by atoms with Crippen molar-refractivity contribution in [2.75, 3.05) is 31.5 Å². The predicted molar refractivity (Wildman–Crippen MR) is 151 cm³/mol. The van der Waals surface area contributed by atoms with Crippen LogP contribution < -0.4 is 5.32 Å². The number of nitrogens with one attached hydrogen (secondary N) is 1. The molecule has 6 heteroatoms. The molecule has 1 saturated heterocycles. The second-order valence-corrected chi connectivity index (χ2v) is 10.5. The molecule has 2 heterocycles. The van der Waals surface area contributed by atoms with Gasteiger partial charge in [0.15, 0.2) is 0 Å². The number of amides is 1. The molecular formula is C32H36N4O2. The van der Waals surface area contributed by atoms with Gasteiger partial charge in [-0.15, -0.1) is 0 Å². The van der Waals surface area contributed by atoms with E-state index in [2.05, 4.69) is 38.0 Å². The van der Waals surface area contributed by atoms with Crippen molar-refractivity contribution >= 4 is 11.6 Å². The molecule has 1 aromatic heterocycles. The second-order valence-electron chi connectivity index (χ2n) is 10.5. The van der Waals surface area contributed by atoms with E-state index in [4.69, 9.17) is 0 Å². The van der Waals surface area contributed by atoms with Gasteiger partial charge in [0, 0.05) is 68.5 Å². The van der Waals surface area contributed by atoms with Crippen molar-refractivity contribution in [3.05, 3.63) is 95.3 Å². The molecule has 0 unspecified atom stereocenters. The van der Waals surface area contributed by atoms with Crippen LogP contribution in [0.25, 0.3) is 0 Å². The van der Waals surface area contributed by atoms with Gasteiger partial charge in [-0.2, -0.15) is 0 Å². The van der Waals surface area contributed by atoms with Gasteiger partial charge in [-0.25, -0.2) is 0 Å². The lowest BCUT2D eigenvalue weighted by molar-refractivity contribution is 0.0610. The lowest BCUT2D eigenvalue weighted by atomic mass is 9.85. The monoisotopic (exact) mass is 508 g/mol. The third-order valence-corrected chi connectivity index (χ3v) is 7.48. The van der Waals surface area contributed by atoms with Crippen LogP contribution in [0.1, 0.15) is 59.2 Å². The summed E-state index contributed by atoms with van der Waals surface area (Å²) in [6.45, 7) is 5.98. The third kappa shape index (κ3) is 7.29. The lowest BCUT2D eigenvalue weighted by Crippen LogP contribution is -2.45. The average Bonchev–Trinajstić information content (AvgIpc) is 2.95. The minimum Gasteiger partial charge on any atom is -0.378 e. The minimum atomic E-state index is -0.855. The van der Waals surface area contributed by atoms with E-state index in [1.165, 1.54) is 17.5 Å². The maximum absolute atomic E-state index is 12.8. The fraction of sp³-hybridized carbons (Fsp3) is 0.375. The number of hydrogen-bond donors (Lipinski definition) is 2. The van der Waals surface area contributed by atoms with Crippen molar-refractivity contribution in [1.29, 1.82) is 0 Å². The first-order chi connectivity index (χ1) is 18.5. The number of carbonyl (C=O) groups is 1. The molecule has 2 N–H and O–H groups in total. The Bertz CT molecular complexity index is 1250. The molecule has 5 rings (SSSR count). The first-order valence-electron chi connectivity index (χ1n) is 13.6. The summed E-state index contributed by atoms with van der Waals surface area (Å²) in [5, 5.41) is 13.5. The van der Waals surface area contributed by atoms with E-state index in [-0.39, 0.29) is 5.91 Å². The Morgan fingerprint density at radius 3 is 2.16 bits per heavy atom. The molecule has 2 aromatic carbocycles. The third-order valence-electron chi connectivity index (χ3n) is 7.48. The molecule has 0 bridgehead atoms. The standard InChI is InChI=1S/C32H36N4O2/c37-31(34-30-12-8-26(9-13-30)14-17-32(38)15-2-1-3-16-32)29-10-6-27(7-11-29)24-35-19-21-36(22-20-35)25-28-5-4-18-33-23-28/h4-13,18,23,38H,1-3,15-16,19-22,24-25H2,(H,34,37). The number of anilines is 1. The average molecular weight is 509 g/mol. The number of aromatic nitrogens is 1. The Morgan fingerprint density at radius 1 is 0.868 bits per heavy atom. The summed E-state index contributed by atoms with van der Waals surface area (Å²) in [4.78, 5) is 21.9. The predicted octanol–water partition coefficient (Wildman–Crippen LogP) is 4.70. The van der Waals surface area contributed by atoms with Gasteiger partial charge in [-0.1, -0.05) is 36.5 Å². The number of benzene rings is 2. The molecule has 1 aliphatic heterocycles. The van der Waals surface area contributed by atoms with Gasteiger partial charge in [0.2, 0.25) is 0 Å². The molecule has 0 atom stereocenters. The van der Waals surface area contributed by atoms with Crippen molar-refractivity contribution in [2.24, 2.45) is 0 Å². The Kier molecular flexibility index (Phi) is 8.50. The van der Waals surface area contributed by atoms with E-state index in [1.807, 2.05) is 67.0 Å². The summed E-state index contributed by atoms with van der Waals surface area (Å²) in [5.41, 5.74) is 3.82. The molecule has 2 aliphatic rings. The van der Waals surface area contributed by atoms with Crippen LogP contribution >= 0.6 is 0 Å². The number of rotatable bonds is 6. The molecule has 6 nitrogen and oxygen atoms in total. The first kappa shape index (κ1) is 26.1. The van der Waals surface area contributed by atoms with Crippen LogP contribution in [-0.4, -0.2) is 57.6 Å². The molecule has 1 aliphatic carbocycles. The number of carbonyl (C=O) groups excluding carboxylic acids is 1. The Labute approximate surface area is 225 Å². The van der Waals surface area contributed by atoms with E-state index < -0.39 is 5.60 Å². The molecule has 2 fully saturated rings. The molecule has 0 spiro atoms. The maximum Gasteiger partial charge on any atom is 0.255 e. The summed E-state index contributed by atoms with van der Waals surface area (Å²) in [5.74, 6) is 6.03. The normalized spacial score (nSPS) is 17.8. The number of piperazine rings is 1. The highest BCUT2D eigenvalue weighted by atomic mass is 16.3. The van der Waals surface area contributed by atoms with Crippen LogP contribution in [0.4, 0.5) is 5.69 Å². The van der Waals surface area contributed by atoms with Crippen LogP contribution in [0.2, 0.25) is 0 Å². The lowest BCUT2D eigenvalue weighted by Gasteiger charge is -2.34. The van der Waals surface area contributed by atoms with Gasteiger partial charge in [0.1, 0.15) is 5.60 Å². The van der Waals surface area contributed by atoms with Crippen molar-refractivity contribution in [2.45, 2.75) is 50.8 Å². The zero-order valence-electron chi connectivity index (χ0n) is 21.9. The number of hydrogen-bond acceptors (Lipinski definition) is 5. The van der Waals surface area contributed by atoms with Gasteiger partial charge in [0.05, 0.1) is 0 Å². The SMILES string of the molecule is O=C(Nc1ccc(C#CC2(O)CCCCC2)cc1)c1ccc(CN2CCN(Cc3cccnc3)CC2)cc1. The number of aliphatic hydroxyl groups is 1. The smallest absolute Gasteiger partial charge is 0.255 e. The molecular weight excluding hydrogens is 472 g/mol. The molecule has 1 amide bonds. The van der Waals surface area contributed by atoms with Gasteiger partial charge in [-0.05, 0) is 79.3 Å². The van der Waals surface area contributed by atoms with Crippen LogP contribution in [0.3, 0.4) is 0 Å². The summed E-state index contributed by atoms with van der Waals surface area (Å²) < 4.78 is 0. The topological polar surface area (TPSA) is 68.7 Å². The van der Waals surface area contributed by atoms with Crippen molar-refractivity contribution < 1.29 is 9.90 Å². The van der Waals surface area contributed by atoms with E-state index in [0.29, 0.717) is 5.56 Å². The van der Waals surface area contributed by atoms with Crippen molar-refractivity contribution in [1.82, 2.24) is 14.8 Å². The highest BCUT2D eigenvalue weighted by Crippen LogP contribution is 2.27. The number of pyridine rings is 1. The Hall–Kier alpha value is -3.50. The van der Waals surface area contributed by atoms with E-state index in [9.17, 15) is 9.90 Å². The van der Waals surface area contributed by atoms with E-state index in [0.717, 1.165) is 76.2 Å². The minimum absolute atomic E-state index is 0.129. The van der Waals surface area contributed by atoms with Gasteiger partial charge >= 0.3 is 0 Å². The Balaban J connectivity index is 1.08. The maximum atomic E-state index is 12.8. The van der Waals surface area contributed by atoms with Crippen molar-refractivity contribution in [3.63, 3.8) is 0 Å². The summed E-state index contributed by atoms with van der Waals surface area (Å²) in [6.07, 6.45) is 8.48. The quantitative estimate of drug-likeness (QED) is 0.473. The van der Waals surface area contributed by atoms with E-state index in [1.54, 1.807) is 0 Å². The second kappa shape index (κ2) is 12.4. The van der Waals surface area contributed by atoms with Crippen LogP contribution in [-0.2, 0) is 13.1 Å². The first-order valence-corrected chi connectivity index (χ1v) is 13.6. The van der Waals surface area contributed by atoms with Gasteiger partial charge in [-0.3, -0.25) is 19.6 Å². The largest absolute Gasteiger partial charge is 0.378 e. The highest BCUT2D eigenvalue weighted by molar-refractivity contribution is 6.04. The molecule has 38 heavy (non-hydrogen) atoms. The summed E-state index contributed by atoms with van der Waals surface area (Å²) in [7, 11) is 0. The fourth-order valence-corrected chi connectivity index (χ4v) is 5.17. The molecule has 0 radical (unpaired) electrons. The highest BCUT2D eigenvalue weighted by Gasteiger charge is 2.26. The summed E-state index contributed by atoms with van der Waals surface area (Å²) >= 11 is 0. The molecule has 1 saturated carbocycles. The zero-order chi connectivity index (χ0) is 26.2. The van der Waals surface area contributed by atoms with Gasteiger partial charge in [0.25, 0.3) is 5.91 Å². The van der Waals surface area contributed by atoms with Crippen LogP contribution in [0.15, 0.2) is 73.1 Å². The fourth-order valence-electron chi connectivity index (χ4n) is 5.17. The van der Waals surface area contributed by atoms with Crippen molar-refractivity contribution in [3.8, 4) is 11.8 Å². The molecule has 196 valence electrons. The van der Waals surface area contributed by atoms with Gasteiger partial charge < -0.3 is 10.4 Å². The van der Waals surface area contributed by atoms with E-state index >= 15 is 0 Å². The Morgan fingerprint density at radius 2 is 1.53 bits per heavy atom. The van der Waals surface area contributed by atoms with Crippen LogP contribution in [0, 0.1) is 11.8 Å². The summed E-state index contributed by atoms with van der Waals surface area (Å²) in [6, 6.07) is 19.5. The zero-order valence-corrected chi connectivity index (χ0v) is 21.9. The number of nitrogens with zero attached hydrogens (tertiary/aromatic N) is 3.